The summed E-state index contributed by atoms with van der Waals surface area (Å²) in [5.41, 5.74) is 1.46. The third-order valence-corrected chi connectivity index (χ3v) is 4.11. The van der Waals surface area contributed by atoms with Crippen molar-refractivity contribution in [2.24, 2.45) is 0 Å². The van der Waals surface area contributed by atoms with Crippen molar-refractivity contribution in [3.63, 3.8) is 0 Å². The Morgan fingerprint density at radius 3 is 2.37 bits per heavy atom. The molecule has 1 atom stereocenters. The van der Waals surface area contributed by atoms with Gasteiger partial charge in [0.2, 0.25) is 0 Å². The maximum absolute atomic E-state index is 5.30. The third kappa shape index (κ3) is 4.30. The van der Waals surface area contributed by atoms with Crippen molar-refractivity contribution in [3.8, 4) is 0 Å². The lowest BCUT2D eigenvalue weighted by molar-refractivity contribution is 0.124. The number of epoxide rings is 1. The molecule has 2 fully saturated rings. The zero-order chi connectivity index (χ0) is 12.9. The fraction of sp³-hybridized carbons (Fsp3) is 0.625. The molecule has 0 radical (unpaired) electrons. The summed E-state index contributed by atoms with van der Waals surface area (Å²) in [4.78, 5) is 5.15. The van der Waals surface area contributed by atoms with E-state index >= 15 is 0 Å². The van der Waals surface area contributed by atoms with Gasteiger partial charge in [0.25, 0.3) is 0 Å². The molecule has 0 amide bonds. The van der Waals surface area contributed by atoms with Crippen LogP contribution in [-0.4, -0.2) is 61.8 Å². The Kier molecular flexibility index (Phi) is 4.49. The summed E-state index contributed by atoms with van der Waals surface area (Å²) in [5, 5.41) is 0. The van der Waals surface area contributed by atoms with Gasteiger partial charge in [-0.3, -0.25) is 4.90 Å². The van der Waals surface area contributed by atoms with Crippen LogP contribution in [0.2, 0.25) is 0 Å². The van der Waals surface area contributed by atoms with Gasteiger partial charge in [-0.05, 0) is 24.9 Å². The molecule has 3 nitrogen and oxygen atoms in total. The topological polar surface area (TPSA) is 19.0 Å². The predicted octanol–water partition coefficient (Wildman–Crippen LogP) is 1.64. The van der Waals surface area contributed by atoms with E-state index in [2.05, 4.69) is 40.1 Å². The minimum absolute atomic E-state index is 0.546. The zero-order valence-corrected chi connectivity index (χ0v) is 11.6. The molecule has 19 heavy (non-hydrogen) atoms. The van der Waals surface area contributed by atoms with Crippen LogP contribution < -0.4 is 0 Å². The van der Waals surface area contributed by atoms with Gasteiger partial charge in [0, 0.05) is 32.7 Å². The van der Waals surface area contributed by atoms with Gasteiger partial charge in [-0.15, -0.1) is 0 Å². The summed E-state index contributed by atoms with van der Waals surface area (Å²) in [5.74, 6) is 0. The van der Waals surface area contributed by atoms with Crippen molar-refractivity contribution in [3.05, 3.63) is 35.9 Å². The number of hydrogen-bond donors (Lipinski definition) is 0. The lowest BCUT2D eigenvalue weighted by Crippen LogP contribution is -2.47. The molecule has 0 aromatic heterocycles. The first-order chi connectivity index (χ1) is 9.40. The van der Waals surface area contributed by atoms with E-state index in [1.54, 1.807) is 0 Å². The lowest BCUT2D eigenvalue weighted by atomic mass is 10.1. The zero-order valence-electron chi connectivity index (χ0n) is 11.6. The highest BCUT2D eigenvalue weighted by Gasteiger charge is 2.27. The molecule has 0 bridgehead atoms. The third-order valence-electron chi connectivity index (χ3n) is 4.11. The minimum atomic E-state index is 0.546. The van der Waals surface area contributed by atoms with E-state index in [0.717, 1.165) is 13.2 Å². The maximum Gasteiger partial charge on any atom is 0.0936 e. The first-order valence-electron chi connectivity index (χ1n) is 7.50. The summed E-state index contributed by atoms with van der Waals surface area (Å²) in [6.45, 7) is 8.25. The summed E-state index contributed by atoms with van der Waals surface area (Å²) in [6, 6.07) is 10.8. The molecule has 2 aliphatic heterocycles. The Labute approximate surface area is 116 Å². The van der Waals surface area contributed by atoms with Crippen LogP contribution in [0.3, 0.4) is 0 Å². The van der Waals surface area contributed by atoms with Crippen molar-refractivity contribution in [2.75, 3.05) is 45.9 Å². The molecule has 1 unspecified atom stereocenters. The normalized spacial score (nSPS) is 24.5. The second kappa shape index (κ2) is 6.51. The summed E-state index contributed by atoms with van der Waals surface area (Å²) in [6.07, 6.45) is 3.02. The van der Waals surface area contributed by atoms with Gasteiger partial charge < -0.3 is 9.64 Å². The Balaban J connectivity index is 1.31. The Hall–Kier alpha value is -0.900. The van der Waals surface area contributed by atoms with Crippen LogP contribution in [0, 0.1) is 0 Å². The molecule has 1 aromatic carbocycles. The Bertz CT molecular complexity index is 370. The molecule has 0 aliphatic carbocycles. The molecule has 2 aliphatic rings. The largest absolute Gasteiger partial charge is 0.372 e. The SMILES string of the molecule is c1ccc(CCCN2CCN(CC3CO3)CC2)cc1. The van der Waals surface area contributed by atoms with Gasteiger partial charge in [-0.1, -0.05) is 30.3 Å². The minimum Gasteiger partial charge on any atom is -0.372 e. The molecule has 3 rings (SSSR count). The maximum atomic E-state index is 5.30. The fourth-order valence-corrected chi connectivity index (χ4v) is 2.81. The molecule has 0 saturated carbocycles. The molecule has 104 valence electrons. The Morgan fingerprint density at radius 2 is 1.68 bits per heavy atom. The van der Waals surface area contributed by atoms with E-state index in [9.17, 15) is 0 Å². The predicted molar refractivity (Wildman–Crippen MR) is 77.4 cm³/mol. The quantitative estimate of drug-likeness (QED) is 0.725. The smallest absolute Gasteiger partial charge is 0.0936 e. The molecule has 2 heterocycles. The van der Waals surface area contributed by atoms with Crippen molar-refractivity contribution < 1.29 is 4.74 Å². The number of piperazine rings is 1. The summed E-state index contributed by atoms with van der Waals surface area (Å²) < 4.78 is 5.30. The van der Waals surface area contributed by atoms with Crippen molar-refractivity contribution >= 4 is 0 Å². The molecule has 0 N–H and O–H groups in total. The van der Waals surface area contributed by atoms with Gasteiger partial charge in [0.1, 0.15) is 0 Å². The van der Waals surface area contributed by atoms with E-state index in [4.69, 9.17) is 4.74 Å². The number of benzene rings is 1. The molecule has 2 saturated heterocycles. The number of hydrogen-bond acceptors (Lipinski definition) is 3. The van der Waals surface area contributed by atoms with Crippen molar-refractivity contribution in [2.45, 2.75) is 18.9 Å². The van der Waals surface area contributed by atoms with Gasteiger partial charge in [-0.25, -0.2) is 0 Å². The van der Waals surface area contributed by atoms with E-state index in [1.165, 1.54) is 51.1 Å². The second-order valence-corrected chi connectivity index (χ2v) is 5.69. The molecular weight excluding hydrogens is 236 g/mol. The van der Waals surface area contributed by atoms with Gasteiger partial charge in [0.05, 0.1) is 12.7 Å². The van der Waals surface area contributed by atoms with Crippen LogP contribution in [-0.2, 0) is 11.2 Å². The number of aryl methyl sites for hydroxylation is 1. The number of nitrogens with zero attached hydrogens (tertiary/aromatic N) is 2. The van der Waals surface area contributed by atoms with Gasteiger partial charge in [0.15, 0.2) is 0 Å². The van der Waals surface area contributed by atoms with E-state index in [0.29, 0.717) is 6.10 Å². The molecule has 3 heteroatoms. The van der Waals surface area contributed by atoms with Crippen LogP contribution in [0.25, 0.3) is 0 Å². The summed E-state index contributed by atoms with van der Waals surface area (Å²) >= 11 is 0. The first-order valence-corrected chi connectivity index (χ1v) is 7.50. The van der Waals surface area contributed by atoms with Crippen LogP contribution in [0.5, 0.6) is 0 Å². The fourth-order valence-electron chi connectivity index (χ4n) is 2.81. The van der Waals surface area contributed by atoms with Crippen molar-refractivity contribution in [1.82, 2.24) is 9.80 Å². The van der Waals surface area contributed by atoms with E-state index in [-0.39, 0.29) is 0 Å². The van der Waals surface area contributed by atoms with Gasteiger partial charge in [-0.2, -0.15) is 0 Å². The summed E-state index contributed by atoms with van der Waals surface area (Å²) in [7, 11) is 0. The van der Waals surface area contributed by atoms with Crippen LogP contribution in [0.1, 0.15) is 12.0 Å². The van der Waals surface area contributed by atoms with Crippen LogP contribution in [0.15, 0.2) is 30.3 Å². The van der Waals surface area contributed by atoms with Crippen molar-refractivity contribution in [1.29, 1.82) is 0 Å². The highest BCUT2D eigenvalue weighted by molar-refractivity contribution is 5.14. The molecular formula is C16H24N2O. The van der Waals surface area contributed by atoms with Gasteiger partial charge >= 0.3 is 0 Å². The first kappa shape index (κ1) is 13.1. The monoisotopic (exact) mass is 260 g/mol. The number of ether oxygens (including phenoxy) is 1. The van der Waals surface area contributed by atoms with E-state index in [1.807, 2.05) is 0 Å². The lowest BCUT2D eigenvalue weighted by Gasteiger charge is -2.34. The Morgan fingerprint density at radius 1 is 1.00 bits per heavy atom. The molecule has 0 spiro atoms. The highest BCUT2D eigenvalue weighted by atomic mass is 16.6. The van der Waals surface area contributed by atoms with E-state index < -0.39 is 0 Å². The standard InChI is InChI=1S/C16H24N2O/c1-2-5-15(6-3-1)7-4-8-17-9-11-18(12-10-17)13-16-14-19-16/h1-3,5-6,16H,4,7-14H2. The second-order valence-electron chi connectivity index (χ2n) is 5.69. The highest BCUT2D eigenvalue weighted by Crippen LogP contribution is 2.13. The number of rotatable bonds is 6. The van der Waals surface area contributed by atoms with Crippen LogP contribution >= 0.6 is 0 Å². The van der Waals surface area contributed by atoms with Crippen LogP contribution in [0.4, 0.5) is 0 Å². The average Bonchev–Trinajstić information content (AvgIpc) is 3.26. The molecule has 1 aromatic rings. The average molecular weight is 260 g/mol.